The van der Waals surface area contributed by atoms with Gasteiger partial charge in [0.05, 0.1) is 0 Å². The molecule has 0 atom stereocenters. The van der Waals surface area contributed by atoms with Crippen LogP contribution in [0.4, 0.5) is 0 Å². The van der Waals surface area contributed by atoms with Gasteiger partial charge in [-0.15, -0.1) is 0 Å². The minimum Gasteiger partial charge on any atom is -1.00 e. The summed E-state index contributed by atoms with van der Waals surface area (Å²) in [4.78, 5) is 0. The molecule has 0 unspecified atom stereocenters. The summed E-state index contributed by atoms with van der Waals surface area (Å²) in [6.07, 6.45) is 10.4. The Morgan fingerprint density at radius 1 is 0.696 bits per heavy atom. The first kappa shape index (κ1) is 37.1. The Kier molecular flexibility index (Phi) is 11.3. The molecule has 238 valence electrons. The standard InChI is InChI=1S/C23H29.C13H8Cl2.C5H5.2ClH.Zr/c1-14-9-16-11-17-10-15(2)21(23(6,7)8)13-19(17)18(16)12-20(14)22(3,4)5;14-12-5-1-3-10(8-12)7-11-4-2-6-13(15)9-11;1-2-4-5-3-1;;;/h9,12-13H,11H2,1-8H3;1-6,8-9H;1-5H;2*1H;/q;;;;;+2/p-2. The Hall–Kier alpha value is -1.73. The summed E-state index contributed by atoms with van der Waals surface area (Å²) in [6, 6.07) is 24.5. The van der Waals surface area contributed by atoms with E-state index in [1.807, 2.05) is 12.1 Å². The van der Waals surface area contributed by atoms with Gasteiger partial charge in [0, 0.05) is 0 Å². The molecule has 0 fully saturated rings. The molecule has 0 aliphatic heterocycles. The third-order valence-electron chi connectivity index (χ3n) is 9.26. The van der Waals surface area contributed by atoms with Crippen LogP contribution >= 0.6 is 23.2 Å². The van der Waals surface area contributed by atoms with Crippen LogP contribution in [0.1, 0.15) is 86.1 Å². The molecule has 4 aromatic rings. The maximum atomic E-state index is 6.71. The first-order valence-corrected chi connectivity index (χ1v) is 20.3. The zero-order valence-corrected chi connectivity index (χ0v) is 33.4. The van der Waals surface area contributed by atoms with E-state index in [1.165, 1.54) is 53.3 Å². The molecule has 0 saturated heterocycles. The van der Waals surface area contributed by atoms with Gasteiger partial charge in [0.2, 0.25) is 0 Å². The third kappa shape index (κ3) is 7.02. The molecular formula is C41H42Cl4Zr. The van der Waals surface area contributed by atoms with Crippen LogP contribution in [0.3, 0.4) is 0 Å². The summed E-state index contributed by atoms with van der Waals surface area (Å²) < 4.78 is 3.48. The smallest absolute Gasteiger partial charge is 1.00 e. The second-order valence-electron chi connectivity index (χ2n) is 14.6. The van der Waals surface area contributed by atoms with Crippen LogP contribution in [-0.2, 0) is 38.5 Å². The molecule has 0 heterocycles. The van der Waals surface area contributed by atoms with Crippen molar-refractivity contribution in [3.05, 3.63) is 146 Å². The van der Waals surface area contributed by atoms with Gasteiger partial charge in [0.15, 0.2) is 0 Å². The summed E-state index contributed by atoms with van der Waals surface area (Å²) in [5, 5.41) is 1.54. The van der Waals surface area contributed by atoms with Crippen molar-refractivity contribution >= 4 is 29.7 Å². The van der Waals surface area contributed by atoms with E-state index in [0.29, 0.717) is 3.63 Å². The fourth-order valence-electron chi connectivity index (χ4n) is 7.41. The predicted octanol–water partition coefficient (Wildman–Crippen LogP) is 5.21. The molecular weight excluding hydrogens is 725 g/mol. The molecule has 46 heavy (non-hydrogen) atoms. The van der Waals surface area contributed by atoms with Gasteiger partial charge in [-0.25, -0.2) is 0 Å². The largest absolute Gasteiger partial charge is 1.00 e. The fraction of sp³-hybridized carbons (Fsp3) is 0.293. The minimum absolute atomic E-state index is 0. The topological polar surface area (TPSA) is 0 Å². The van der Waals surface area contributed by atoms with Crippen LogP contribution in [0, 0.1) is 13.8 Å². The molecule has 0 spiro atoms. The van der Waals surface area contributed by atoms with Crippen molar-refractivity contribution in [2.75, 3.05) is 0 Å². The summed E-state index contributed by atoms with van der Waals surface area (Å²) >= 11 is 10.6. The van der Waals surface area contributed by atoms with Crippen molar-refractivity contribution in [2.24, 2.45) is 0 Å². The van der Waals surface area contributed by atoms with Crippen LogP contribution in [0.2, 0.25) is 13.7 Å². The SMILES string of the molecule is Cc1cc2c(cc1C(C)(C)C)-c1cc(C(C)(C)C)c(C)[c]([Zr+2](=[C](c3cccc(Cl)c3)c3cccc(Cl)c3)[CH]3C=CC=C3)c1C2.[Cl-].[Cl-]. The number of halogens is 4. The van der Waals surface area contributed by atoms with Gasteiger partial charge >= 0.3 is 284 Å². The van der Waals surface area contributed by atoms with E-state index in [-0.39, 0.29) is 35.6 Å². The molecule has 0 N–H and O–H groups in total. The maximum absolute atomic E-state index is 6.71. The van der Waals surface area contributed by atoms with E-state index >= 15 is 0 Å². The van der Waals surface area contributed by atoms with Crippen LogP contribution in [0.25, 0.3) is 11.1 Å². The average Bonchev–Trinajstić information content (AvgIpc) is 3.58. The molecule has 6 rings (SSSR count). The van der Waals surface area contributed by atoms with Crippen molar-refractivity contribution in [1.29, 1.82) is 0 Å². The Morgan fingerprint density at radius 3 is 1.72 bits per heavy atom. The number of benzene rings is 4. The Morgan fingerprint density at radius 2 is 1.22 bits per heavy atom. The van der Waals surface area contributed by atoms with Gasteiger partial charge in [-0.2, -0.15) is 0 Å². The molecule has 2 aliphatic rings. The maximum Gasteiger partial charge on any atom is -1.00 e. The van der Waals surface area contributed by atoms with E-state index in [9.17, 15) is 0 Å². The second kappa shape index (κ2) is 14.0. The number of allylic oxidation sites excluding steroid dienone is 4. The molecule has 0 bridgehead atoms. The molecule has 5 heteroatoms. The number of rotatable bonds is 4. The summed E-state index contributed by atoms with van der Waals surface area (Å²) in [5.41, 5.74) is 14.2. The number of hydrogen-bond acceptors (Lipinski definition) is 0. The molecule has 2 aliphatic carbocycles. The van der Waals surface area contributed by atoms with Crippen molar-refractivity contribution in [3.63, 3.8) is 0 Å². The van der Waals surface area contributed by atoms with Crippen LogP contribution in [-0.4, -0.2) is 3.21 Å². The minimum atomic E-state index is -2.86. The second-order valence-corrected chi connectivity index (χ2v) is 21.6. The van der Waals surface area contributed by atoms with E-state index in [4.69, 9.17) is 23.2 Å². The van der Waals surface area contributed by atoms with E-state index in [1.54, 1.807) is 8.83 Å². The third-order valence-corrected chi connectivity index (χ3v) is 18.1. The molecule has 4 aromatic carbocycles. The monoisotopic (exact) mass is 764 g/mol. The van der Waals surface area contributed by atoms with E-state index in [0.717, 1.165) is 16.5 Å². The summed E-state index contributed by atoms with van der Waals surface area (Å²) in [6.45, 7) is 18.8. The van der Waals surface area contributed by atoms with E-state index in [2.05, 4.69) is 134 Å². The van der Waals surface area contributed by atoms with E-state index < -0.39 is 21.3 Å². The quantitative estimate of drug-likeness (QED) is 0.236. The van der Waals surface area contributed by atoms with Crippen molar-refractivity contribution in [3.8, 4) is 11.1 Å². The van der Waals surface area contributed by atoms with Crippen molar-refractivity contribution < 1.29 is 46.1 Å². The van der Waals surface area contributed by atoms with Crippen molar-refractivity contribution in [2.45, 2.75) is 76.3 Å². The normalized spacial score (nSPS) is 13.4. The van der Waals surface area contributed by atoms with Gasteiger partial charge in [-0.3, -0.25) is 0 Å². The van der Waals surface area contributed by atoms with Gasteiger partial charge in [-0.1, -0.05) is 0 Å². The predicted molar refractivity (Wildman–Crippen MR) is 189 cm³/mol. The van der Waals surface area contributed by atoms with Gasteiger partial charge in [0.1, 0.15) is 0 Å². The van der Waals surface area contributed by atoms with Crippen LogP contribution < -0.4 is 28.1 Å². The Labute approximate surface area is 306 Å². The first-order valence-electron chi connectivity index (χ1n) is 15.7. The number of aryl methyl sites for hydroxylation is 1. The summed E-state index contributed by atoms with van der Waals surface area (Å²) in [5.74, 6) is 0. The number of fused-ring (bicyclic) bond motifs is 3. The molecule has 0 amide bonds. The van der Waals surface area contributed by atoms with Crippen molar-refractivity contribution in [1.82, 2.24) is 0 Å². The number of hydrogen-bond donors (Lipinski definition) is 0. The van der Waals surface area contributed by atoms with Crippen LogP contribution in [0.15, 0.2) is 91.0 Å². The average molecular weight is 768 g/mol. The Balaban J connectivity index is 0.00000240. The summed E-state index contributed by atoms with van der Waals surface area (Å²) in [7, 11) is 0. The van der Waals surface area contributed by atoms with Gasteiger partial charge in [-0.05, 0) is 0 Å². The zero-order valence-electron chi connectivity index (χ0n) is 28.0. The fourth-order valence-corrected chi connectivity index (χ4v) is 16.5. The molecule has 0 saturated carbocycles. The molecule has 0 radical (unpaired) electrons. The van der Waals surface area contributed by atoms with Crippen LogP contribution in [0.5, 0.6) is 0 Å². The molecule has 0 aromatic heterocycles. The first-order chi connectivity index (χ1) is 20.7. The zero-order chi connectivity index (χ0) is 31.6. The molecule has 0 nitrogen and oxygen atoms in total. The Bertz CT molecular complexity index is 1840. The van der Waals surface area contributed by atoms with Gasteiger partial charge in [0.25, 0.3) is 0 Å². The van der Waals surface area contributed by atoms with Gasteiger partial charge < -0.3 is 24.8 Å².